The van der Waals surface area contributed by atoms with Gasteiger partial charge in [0.15, 0.2) is 23.0 Å². The molecule has 6 nitrogen and oxygen atoms in total. The van der Waals surface area contributed by atoms with Gasteiger partial charge in [-0.3, -0.25) is 0 Å². The lowest BCUT2D eigenvalue weighted by atomic mass is 10.3. The van der Waals surface area contributed by atoms with Crippen LogP contribution in [-0.4, -0.2) is 46.2 Å². The Bertz CT molecular complexity index is 730. The molecule has 144 valence electrons. The molecule has 0 saturated heterocycles. The molecule has 0 aromatic heterocycles. The molecule has 0 saturated carbocycles. The van der Waals surface area contributed by atoms with E-state index in [-0.39, 0.29) is 6.61 Å². The number of para-hydroxylation sites is 4. The van der Waals surface area contributed by atoms with Gasteiger partial charge in [-0.25, -0.2) is 0 Å². The van der Waals surface area contributed by atoms with Crippen LogP contribution in [0, 0.1) is 0 Å². The first-order valence-corrected chi connectivity index (χ1v) is 8.90. The highest BCUT2D eigenvalue weighted by Crippen LogP contribution is 2.36. The number of hydrogen-bond donors (Lipinski definition) is 0. The predicted octanol–water partition coefficient (Wildman–Crippen LogP) is 3.81. The highest BCUT2D eigenvalue weighted by atomic mass is 16.6. The fraction of sp³-hybridized carbons (Fsp3) is 0.333. The van der Waals surface area contributed by atoms with Crippen LogP contribution in [0.3, 0.4) is 0 Å². The van der Waals surface area contributed by atoms with Crippen molar-refractivity contribution in [3.63, 3.8) is 0 Å². The lowest BCUT2D eigenvalue weighted by molar-refractivity contribution is 0.00989. The third-order valence-electron chi connectivity index (χ3n) is 3.66. The van der Waals surface area contributed by atoms with Crippen molar-refractivity contribution in [3.05, 3.63) is 60.9 Å². The molecule has 2 aromatic rings. The van der Waals surface area contributed by atoms with Crippen LogP contribution in [0.15, 0.2) is 60.9 Å². The zero-order valence-corrected chi connectivity index (χ0v) is 15.2. The second kappa shape index (κ2) is 10.6. The van der Waals surface area contributed by atoms with Crippen molar-refractivity contribution in [2.24, 2.45) is 0 Å². The van der Waals surface area contributed by atoms with Crippen LogP contribution >= 0.6 is 0 Å². The van der Waals surface area contributed by atoms with Gasteiger partial charge in [0, 0.05) is 0 Å². The summed E-state index contributed by atoms with van der Waals surface area (Å²) >= 11 is 0. The van der Waals surface area contributed by atoms with E-state index in [1.165, 1.54) is 0 Å². The Hall–Kier alpha value is -2.54. The van der Waals surface area contributed by atoms with Crippen LogP contribution in [-0.2, 0) is 14.2 Å². The third-order valence-corrected chi connectivity index (χ3v) is 3.66. The van der Waals surface area contributed by atoms with E-state index in [2.05, 4.69) is 6.58 Å². The maximum absolute atomic E-state index is 6.04. The second-order valence-electron chi connectivity index (χ2n) is 5.76. The summed E-state index contributed by atoms with van der Waals surface area (Å²) in [5.41, 5.74) is 0. The van der Waals surface area contributed by atoms with Crippen LogP contribution < -0.4 is 14.2 Å². The summed E-state index contributed by atoms with van der Waals surface area (Å²) in [6, 6.07) is 14.9. The van der Waals surface area contributed by atoms with Gasteiger partial charge in [0.05, 0.1) is 33.0 Å². The molecule has 0 bridgehead atoms. The fourth-order valence-corrected chi connectivity index (χ4v) is 2.41. The Morgan fingerprint density at radius 3 is 1.70 bits per heavy atom. The minimum atomic E-state index is 0.272. The van der Waals surface area contributed by atoms with Gasteiger partial charge >= 0.3 is 0 Å². The third kappa shape index (κ3) is 6.29. The van der Waals surface area contributed by atoms with Crippen LogP contribution in [0.2, 0.25) is 0 Å². The number of ether oxygens (including phenoxy) is 6. The van der Waals surface area contributed by atoms with Gasteiger partial charge in [0.1, 0.15) is 19.0 Å². The smallest absolute Gasteiger partial charge is 0.170 e. The van der Waals surface area contributed by atoms with E-state index < -0.39 is 0 Å². The highest BCUT2D eigenvalue weighted by Gasteiger charge is 2.11. The summed E-state index contributed by atoms with van der Waals surface area (Å²) in [7, 11) is 0. The van der Waals surface area contributed by atoms with Gasteiger partial charge in [-0.05, 0) is 24.3 Å². The van der Waals surface area contributed by atoms with Crippen molar-refractivity contribution in [2.75, 3.05) is 46.2 Å². The van der Waals surface area contributed by atoms with Crippen molar-refractivity contribution in [2.45, 2.75) is 0 Å². The number of rotatable bonds is 0. The Morgan fingerprint density at radius 2 is 1.04 bits per heavy atom. The molecule has 0 amide bonds. The summed E-state index contributed by atoms with van der Waals surface area (Å²) in [5, 5.41) is 0. The van der Waals surface area contributed by atoms with Crippen molar-refractivity contribution in [1.82, 2.24) is 0 Å². The van der Waals surface area contributed by atoms with Crippen LogP contribution in [0.5, 0.6) is 23.0 Å². The van der Waals surface area contributed by atoms with E-state index >= 15 is 0 Å². The number of hydrogen-bond acceptors (Lipinski definition) is 6. The molecule has 0 fully saturated rings. The van der Waals surface area contributed by atoms with E-state index in [4.69, 9.17) is 28.4 Å². The normalized spacial score (nSPS) is 17.1. The summed E-state index contributed by atoms with van der Waals surface area (Å²) in [6.07, 6.45) is 0. The maximum Gasteiger partial charge on any atom is 0.170 e. The minimum absolute atomic E-state index is 0.272. The molecule has 3 rings (SSSR count). The van der Waals surface area contributed by atoms with Crippen molar-refractivity contribution in [1.29, 1.82) is 0 Å². The van der Waals surface area contributed by atoms with Crippen LogP contribution in [0.1, 0.15) is 0 Å². The topological polar surface area (TPSA) is 55.4 Å². The summed E-state index contributed by atoms with van der Waals surface area (Å²) in [6.45, 7) is 7.01. The molecule has 0 N–H and O–H groups in total. The van der Waals surface area contributed by atoms with Crippen molar-refractivity contribution >= 4 is 0 Å². The average molecular weight is 372 g/mol. The molecule has 0 aliphatic carbocycles. The van der Waals surface area contributed by atoms with Gasteiger partial charge in [-0.1, -0.05) is 30.8 Å². The summed E-state index contributed by atoms with van der Waals surface area (Å²) in [4.78, 5) is 0. The quantitative estimate of drug-likeness (QED) is 0.701. The van der Waals surface area contributed by atoms with Gasteiger partial charge < -0.3 is 28.4 Å². The number of fused-ring (bicyclic) bond motifs is 2. The molecule has 0 radical (unpaired) electrons. The molecule has 0 unspecified atom stereocenters. The summed E-state index contributed by atoms with van der Waals surface area (Å²) in [5.74, 6) is 2.84. The molecule has 1 aliphatic rings. The minimum Gasteiger partial charge on any atom is -0.487 e. The largest absolute Gasteiger partial charge is 0.487 e. The predicted molar refractivity (Wildman–Crippen MR) is 101 cm³/mol. The van der Waals surface area contributed by atoms with E-state index in [0.29, 0.717) is 68.4 Å². The molecule has 0 spiro atoms. The first-order chi connectivity index (χ1) is 13.3. The van der Waals surface area contributed by atoms with Gasteiger partial charge in [0.2, 0.25) is 0 Å². The van der Waals surface area contributed by atoms with Crippen molar-refractivity contribution in [3.8, 4) is 23.0 Å². The van der Waals surface area contributed by atoms with E-state index in [1.54, 1.807) is 0 Å². The standard InChI is InChI=1S/C21H24O6/c1-17-16-24-13-12-22-10-11-23-14-15-25-18-6-2-3-7-19(18)27-21-9-5-4-8-20(21)26-17/h2-9H,1,10-16H2. The molecule has 6 heteroatoms. The molecule has 27 heavy (non-hydrogen) atoms. The number of benzene rings is 2. The zero-order valence-electron chi connectivity index (χ0n) is 15.2. The second-order valence-corrected chi connectivity index (χ2v) is 5.76. The van der Waals surface area contributed by atoms with E-state index in [1.807, 2.05) is 48.5 Å². The fourth-order valence-electron chi connectivity index (χ4n) is 2.41. The van der Waals surface area contributed by atoms with E-state index in [9.17, 15) is 0 Å². The molecular weight excluding hydrogens is 348 g/mol. The van der Waals surface area contributed by atoms with Crippen LogP contribution in [0.25, 0.3) is 0 Å². The lowest BCUT2D eigenvalue weighted by Crippen LogP contribution is -2.14. The highest BCUT2D eigenvalue weighted by molar-refractivity contribution is 5.47. The molecule has 0 atom stereocenters. The average Bonchev–Trinajstić information content (AvgIpc) is 2.68. The lowest BCUT2D eigenvalue weighted by Gasteiger charge is -2.16. The Morgan fingerprint density at radius 1 is 0.556 bits per heavy atom. The Kier molecular flexibility index (Phi) is 7.53. The first-order valence-electron chi connectivity index (χ1n) is 8.90. The van der Waals surface area contributed by atoms with Crippen molar-refractivity contribution < 1.29 is 28.4 Å². The Labute approximate surface area is 159 Å². The maximum atomic E-state index is 6.04. The summed E-state index contributed by atoms with van der Waals surface area (Å²) < 4.78 is 34.1. The Balaban J connectivity index is 1.76. The van der Waals surface area contributed by atoms with Gasteiger partial charge in [-0.2, -0.15) is 0 Å². The molecular formula is C21H24O6. The first kappa shape index (κ1) is 19.2. The van der Waals surface area contributed by atoms with E-state index in [0.717, 1.165) is 0 Å². The van der Waals surface area contributed by atoms with Gasteiger partial charge in [-0.15, -0.1) is 0 Å². The monoisotopic (exact) mass is 372 g/mol. The zero-order chi connectivity index (χ0) is 18.7. The SMILES string of the molecule is C=C1COCCOCCOCCOc2ccccc2Oc2ccccc2O1. The molecule has 1 heterocycles. The molecule has 2 aromatic carbocycles. The van der Waals surface area contributed by atoms with Gasteiger partial charge in [0.25, 0.3) is 0 Å². The molecule has 1 aliphatic heterocycles. The van der Waals surface area contributed by atoms with Crippen LogP contribution in [0.4, 0.5) is 0 Å².